The molecule has 0 spiro atoms. The van der Waals surface area contributed by atoms with E-state index in [1.54, 1.807) is 0 Å². The average Bonchev–Trinajstić information content (AvgIpc) is 2.43. The molecule has 2 N–H and O–H groups in total. The zero-order chi connectivity index (χ0) is 13.5. The van der Waals surface area contributed by atoms with Gasteiger partial charge in [-0.15, -0.1) is 0 Å². The minimum Gasteiger partial charge on any atom is -0.358 e. The molecule has 1 saturated carbocycles. The van der Waals surface area contributed by atoms with Gasteiger partial charge in [-0.1, -0.05) is 31.9 Å². The molecule has 3 atom stereocenters. The lowest BCUT2D eigenvalue weighted by Crippen LogP contribution is -2.44. The Labute approximate surface area is 121 Å². The van der Waals surface area contributed by atoms with Crippen molar-refractivity contribution in [1.29, 1.82) is 0 Å². The Hall–Kier alpha value is -0.900. The number of thiocarbonyl (C=S) groups is 1. The van der Waals surface area contributed by atoms with E-state index in [1.807, 2.05) is 6.21 Å². The second-order valence-electron chi connectivity index (χ2n) is 5.78. The Kier molecular flexibility index (Phi) is 5.83. The lowest BCUT2D eigenvalue weighted by Gasteiger charge is -2.30. The summed E-state index contributed by atoms with van der Waals surface area (Å²) in [4.78, 5) is 0. The quantitative estimate of drug-likeness (QED) is 0.360. The predicted molar refractivity (Wildman–Crippen MR) is 85.3 cm³/mol. The third-order valence-corrected chi connectivity index (χ3v) is 4.40. The summed E-state index contributed by atoms with van der Waals surface area (Å²) in [5, 5.41) is 8.34. The van der Waals surface area contributed by atoms with Gasteiger partial charge in [-0.25, -0.2) is 0 Å². The molecule has 0 unspecified atom stereocenters. The molecule has 1 fully saturated rings. The van der Waals surface area contributed by atoms with Gasteiger partial charge in [0.1, 0.15) is 0 Å². The van der Waals surface area contributed by atoms with Crippen LogP contribution in [0.1, 0.15) is 51.9 Å². The molecule has 3 nitrogen and oxygen atoms in total. The highest BCUT2D eigenvalue weighted by Crippen LogP contribution is 2.23. The van der Waals surface area contributed by atoms with E-state index in [1.165, 1.54) is 38.5 Å². The van der Waals surface area contributed by atoms with Crippen LogP contribution in [-0.4, -0.2) is 17.4 Å². The summed E-state index contributed by atoms with van der Waals surface area (Å²) >= 11 is 5.30. The molecular weight excluding hydrogens is 254 g/mol. The van der Waals surface area contributed by atoms with E-state index in [0.717, 1.165) is 6.42 Å². The molecule has 0 saturated heterocycles. The summed E-state index contributed by atoms with van der Waals surface area (Å²) in [5.74, 6) is 1.27. The topological polar surface area (TPSA) is 36.4 Å². The van der Waals surface area contributed by atoms with Gasteiger partial charge in [-0.3, -0.25) is 5.43 Å². The summed E-state index contributed by atoms with van der Waals surface area (Å²) in [6, 6.07) is 0.515. The first-order chi connectivity index (χ1) is 9.25. The first-order valence-electron chi connectivity index (χ1n) is 7.50. The molecule has 0 amide bonds. The Morgan fingerprint density at radius 2 is 2.11 bits per heavy atom. The van der Waals surface area contributed by atoms with Crippen molar-refractivity contribution in [2.24, 2.45) is 16.9 Å². The van der Waals surface area contributed by atoms with Crippen LogP contribution in [0.4, 0.5) is 0 Å². The van der Waals surface area contributed by atoms with Crippen molar-refractivity contribution in [2.45, 2.75) is 57.9 Å². The Bertz CT molecular complexity index is 351. The zero-order valence-corrected chi connectivity index (χ0v) is 12.6. The molecule has 4 heteroatoms. The molecule has 2 aliphatic rings. The lowest BCUT2D eigenvalue weighted by atomic mass is 9.86. The van der Waals surface area contributed by atoms with Gasteiger partial charge in [0.15, 0.2) is 5.11 Å². The van der Waals surface area contributed by atoms with Crippen LogP contribution in [0.25, 0.3) is 0 Å². The van der Waals surface area contributed by atoms with Gasteiger partial charge in [0.05, 0.1) is 0 Å². The van der Waals surface area contributed by atoms with E-state index in [9.17, 15) is 0 Å². The highest BCUT2D eigenvalue weighted by Gasteiger charge is 2.21. The third kappa shape index (κ3) is 4.94. The van der Waals surface area contributed by atoms with Crippen LogP contribution in [0.5, 0.6) is 0 Å². The van der Waals surface area contributed by atoms with Gasteiger partial charge in [-0.05, 0) is 56.2 Å². The first-order valence-corrected chi connectivity index (χ1v) is 7.91. The van der Waals surface area contributed by atoms with Crippen molar-refractivity contribution in [1.82, 2.24) is 10.7 Å². The molecule has 0 bridgehead atoms. The molecule has 106 valence electrons. The van der Waals surface area contributed by atoms with Crippen LogP contribution >= 0.6 is 12.2 Å². The standard InChI is InChI=1S/C15H25N3S/c1-12-7-5-6-10-14(12)17-15(19)18-16-11-13-8-3-2-4-9-13/h2-3,11-14H,4-10H2,1H3,(H2,17,18,19)/b16-11-/t12-,13-,14-/m0/s1. The van der Waals surface area contributed by atoms with Crippen LogP contribution in [0.2, 0.25) is 0 Å². The Morgan fingerprint density at radius 1 is 1.26 bits per heavy atom. The van der Waals surface area contributed by atoms with Gasteiger partial charge in [-0.2, -0.15) is 5.10 Å². The van der Waals surface area contributed by atoms with Crippen LogP contribution in [0, 0.1) is 11.8 Å². The fraction of sp³-hybridized carbons (Fsp3) is 0.733. The van der Waals surface area contributed by atoms with E-state index in [-0.39, 0.29) is 0 Å². The SMILES string of the molecule is C[C@H]1CCCC[C@@H]1NC(=S)N/N=C\[C@H]1CC=CCC1. The third-order valence-electron chi connectivity index (χ3n) is 4.19. The molecule has 0 aromatic carbocycles. The monoisotopic (exact) mass is 279 g/mol. The summed E-state index contributed by atoms with van der Waals surface area (Å²) < 4.78 is 0. The zero-order valence-electron chi connectivity index (χ0n) is 11.8. The summed E-state index contributed by atoms with van der Waals surface area (Å²) in [6.07, 6.45) is 15.1. The molecule has 2 aliphatic carbocycles. The lowest BCUT2D eigenvalue weighted by molar-refractivity contribution is 0.308. The van der Waals surface area contributed by atoms with Crippen LogP contribution in [0.15, 0.2) is 17.3 Å². The number of nitrogens with one attached hydrogen (secondary N) is 2. The Balaban J connectivity index is 1.68. The minimum atomic E-state index is 0.515. The van der Waals surface area contributed by atoms with Crippen LogP contribution in [-0.2, 0) is 0 Å². The summed E-state index contributed by atoms with van der Waals surface area (Å²) in [6.45, 7) is 2.30. The maximum atomic E-state index is 5.30. The van der Waals surface area contributed by atoms with Gasteiger partial charge in [0, 0.05) is 12.3 Å². The van der Waals surface area contributed by atoms with Crippen molar-refractivity contribution in [3.05, 3.63) is 12.2 Å². The average molecular weight is 279 g/mol. The van der Waals surface area contributed by atoms with Crippen molar-refractivity contribution < 1.29 is 0 Å². The van der Waals surface area contributed by atoms with E-state index in [4.69, 9.17) is 12.2 Å². The highest BCUT2D eigenvalue weighted by molar-refractivity contribution is 7.80. The smallest absolute Gasteiger partial charge is 0.187 e. The minimum absolute atomic E-state index is 0.515. The van der Waals surface area contributed by atoms with Crippen molar-refractivity contribution in [3.63, 3.8) is 0 Å². The van der Waals surface area contributed by atoms with Crippen LogP contribution < -0.4 is 10.7 Å². The van der Waals surface area contributed by atoms with Gasteiger partial charge >= 0.3 is 0 Å². The number of hydrazone groups is 1. The highest BCUT2D eigenvalue weighted by atomic mass is 32.1. The fourth-order valence-corrected chi connectivity index (χ4v) is 3.09. The molecule has 0 aromatic heterocycles. The molecule has 0 heterocycles. The second kappa shape index (κ2) is 7.63. The molecule has 0 aliphatic heterocycles. The van der Waals surface area contributed by atoms with Crippen molar-refractivity contribution in [2.75, 3.05) is 0 Å². The van der Waals surface area contributed by atoms with E-state index < -0.39 is 0 Å². The molecule has 0 aromatic rings. The van der Waals surface area contributed by atoms with Crippen molar-refractivity contribution >= 4 is 23.5 Å². The number of hydrogen-bond acceptors (Lipinski definition) is 2. The number of hydrogen-bond donors (Lipinski definition) is 2. The van der Waals surface area contributed by atoms with E-state index >= 15 is 0 Å². The normalized spacial score (nSPS) is 31.3. The maximum absolute atomic E-state index is 5.30. The van der Waals surface area contributed by atoms with Gasteiger partial charge in [0.2, 0.25) is 0 Å². The first kappa shape index (κ1) is 14.5. The van der Waals surface area contributed by atoms with Crippen molar-refractivity contribution in [3.8, 4) is 0 Å². The van der Waals surface area contributed by atoms with Crippen LogP contribution in [0.3, 0.4) is 0 Å². The molecule has 19 heavy (non-hydrogen) atoms. The summed E-state index contributed by atoms with van der Waals surface area (Å²) in [5.41, 5.74) is 2.96. The maximum Gasteiger partial charge on any atom is 0.187 e. The fourth-order valence-electron chi connectivity index (χ4n) is 2.89. The van der Waals surface area contributed by atoms with E-state index in [0.29, 0.717) is 23.0 Å². The molecule has 2 rings (SSSR count). The number of allylic oxidation sites excluding steroid dienone is 2. The van der Waals surface area contributed by atoms with E-state index in [2.05, 4.69) is 34.9 Å². The largest absolute Gasteiger partial charge is 0.358 e. The second-order valence-corrected chi connectivity index (χ2v) is 6.18. The number of nitrogens with zero attached hydrogens (tertiary/aromatic N) is 1. The number of rotatable bonds is 3. The molecular formula is C15H25N3S. The Morgan fingerprint density at radius 3 is 2.84 bits per heavy atom. The summed E-state index contributed by atoms with van der Waals surface area (Å²) in [7, 11) is 0. The predicted octanol–water partition coefficient (Wildman–Crippen LogP) is 3.37. The molecule has 0 radical (unpaired) electrons. The van der Waals surface area contributed by atoms with Gasteiger partial charge in [0.25, 0.3) is 0 Å². The van der Waals surface area contributed by atoms with Gasteiger partial charge < -0.3 is 5.32 Å².